The molecule has 34 heavy (non-hydrogen) atoms. The van der Waals surface area contributed by atoms with Crippen LogP contribution in [0.3, 0.4) is 0 Å². The highest BCUT2D eigenvalue weighted by atomic mass is 35.5. The largest absolute Gasteiger partial charge is 0.493 e. The first-order valence-electron chi connectivity index (χ1n) is 9.92. The Morgan fingerprint density at radius 1 is 1.00 bits per heavy atom. The lowest BCUT2D eigenvalue weighted by Crippen LogP contribution is -2.32. The lowest BCUT2D eigenvalue weighted by molar-refractivity contribution is -0.136. The Kier molecular flexibility index (Phi) is 8.45. The number of carbonyl (C=O) groups excluding carboxylic acids is 2. The minimum Gasteiger partial charge on any atom is -0.493 e. The maximum atomic E-state index is 13.2. The number of hydrogen-bond acceptors (Lipinski definition) is 5. The van der Waals surface area contributed by atoms with Crippen LogP contribution in [0.15, 0.2) is 59.7 Å². The molecule has 0 fully saturated rings. The summed E-state index contributed by atoms with van der Waals surface area (Å²) in [5.74, 6) is -1.43. The van der Waals surface area contributed by atoms with Crippen molar-refractivity contribution in [3.8, 4) is 11.5 Å². The van der Waals surface area contributed by atoms with Gasteiger partial charge in [0.2, 0.25) is 0 Å². The van der Waals surface area contributed by atoms with Crippen molar-refractivity contribution in [3.63, 3.8) is 0 Å². The molecule has 3 aromatic carbocycles. The third-order valence-corrected chi connectivity index (χ3v) is 5.36. The van der Waals surface area contributed by atoms with E-state index in [2.05, 4.69) is 15.8 Å². The summed E-state index contributed by atoms with van der Waals surface area (Å²) in [4.78, 5) is 24.0. The zero-order chi connectivity index (χ0) is 24.7. The molecule has 0 aliphatic rings. The standard InChI is InChI=1S/C24H20Cl2FN3O4/c1-14-3-7-18(11-19(14)25)29-23(31)24(32)30-28-12-15-4-8-21(22(9-15)33-2)34-13-16-5-6-17(27)10-20(16)26/h3-12H,13H2,1-2H3,(H,29,31)(H,30,32)/b28-12+. The van der Waals surface area contributed by atoms with Crippen LogP contribution in [0.5, 0.6) is 11.5 Å². The summed E-state index contributed by atoms with van der Waals surface area (Å²) in [5.41, 5.74) is 4.59. The highest BCUT2D eigenvalue weighted by molar-refractivity contribution is 6.39. The second kappa shape index (κ2) is 11.5. The number of hydrazone groups is 1. The zero-order valence-electron chi connectivity index (χ0n) is 18.2. The SMILES string of the molecule is COc1cc(/C=N/NC(=O)C(=O)Nc2ccc(C)c(Cl)c2)ccc1OCc1ccc(F)cc1Cl. The van der Waals surface area contributed by atoms with E-state index in [-0.39, 0.29) is 11.6 Å². The van der Waals surface area contributed by atoms with Gasteiger partial charge in [-0.2, -0.15) is 5.10 Å². The predicted octanol–water partition coefficient (Wildman–Crippen LogP) is 5.12. The van der Waals surface area contributed by atoms with Crippen LogP contribution in [0.25, 0.3) is 0 Å². The molecule has 0 aliphatic heterocycles. The molecule has 0 spiro atoms. The average Bonchev–Trinajstić information content (AvgIpc) is 2.81. The summed E-state index contributed by atoms with van der Waals surface area (Å²) < 4.78 is 24.2. The molecule has 3 rings (SSSR count). The maximum absolute atomic E-state index is 13.2. The van der Waals surface area contributed by atoms with E-state index in [1.807, 2.05) is 6.92 Å². The molecule has 0 aromatic heterocycles. The summed E-state index contributed by atoms with van der Waals surface area (Å²) in [7, 11) is 1.47. The molecule has 7 nitrogen and oxygen atoms in total. The molecule has 10 heteroatoms. The van der Waals surface area contributed by atoms with Crippen molar-refractivity contribution in [1.82, 2.24) is 5.43 Å². The van der Waals surface area contributed by atoms with E-state index in [1.165, 1.54) is 31.5 Å². The minimum absolute atomic E-state index is 0.111. The normalized spacial score (nSPS) is 10.7. The van der Waals surface area contributed by atoms with E-state index in [4.69, 9.17) is 32.7 Å². The van der Waals surface area contributed by atoms with E-state index in [0.717, 1.165) is 5.56 Å². The average molecular weight is 504 g/mol. The summed E-state index contributed by atoms with van der Waals surface area (Å²) in [6.07, 6.45) is 1.34. The number of methoxy groups -OCH3 is 1. The number of halogens is 3. The van der Waals surface area contributed by atoms with E-state index in [1.54, 1.807) is 36.4 Å². The molecule has 0 saturated carbocycles. The van der Waals surface area contributed by atoms with Crippen molar-refractivity contribution >= 4 is 46.9 Å². The lowest BCUT2D eigenvalue weighted by atomic mass is 10.2. The molecule has 0 atom stereocenters. The molecular weight excluding hydrogens is 484 g/mol. The predicted molar refractivity (Wildman–Crippen MR) is 129 cm³/mol. The second-order valence-corrected chi connectivity index (χ2v) is 7.87. The van der Waals surface area contributed by atoms with Crippen molar-refractivity contribution < 1.29 is 23.5 Å². The first-order valence-corrected chi connectivity index (χ1v) is 10.7. The van der Waals surface area contributed by atoms with Crippen LogP contribution < -0.4 is 20.2 Å². The van der Waals surface area contributed by atoms with Crippen LogP contribution in [0.1, 0.15) is 16.7 Å². The van der Waals surface area contributed by atoms with Crippen LogP contribution in [0.4, 0.5) is 10.1 Å². The highest BCUT2D eigenvalue weighted by Gasteiger charge is 2.13. The minimum atomic E-state index is -0.948. The quantitative estimate of drug-likeness (QED) is 0.266. The van der Waals surface area contributed by atoms with Crippen molar-refractivity contribution in [2.45, 2.75) is 13.5 Å². The topological polar surface area (TPSA) is 89.0 Å². The number of anilines is 1. The van der Waals surface area contributed by atoms with Gasteiger partial charge in [-0.15, -0.1) is 0 Å². The lowest BCUT2D eigenvalue weighted by Gasteiger charge is -2.12. The summed E-state index contributed by atoms with van der Waals surface area (Å²) in [5, 5.41) is 6.96. The first-order chi connectivity index (χ1) is 16.3. The molecule has 0 heterocycles. The van der Waals surface area contributed by atoms with Gasteiger partial charge in [0.05, 0.1) is 18.3 Å². The third-order valence-electron chi connectivity index (χ3n) is 4.60. The third kappa shape index (κ3) is 6.69. The van der Waals surface area contributed by atoms with Gasteiger partial charge in [0.1, 0.15) is 12.4 Å². The van der Waals surface area contributed by atoms with Gasteiger partial charge >= 0.3 is 11.8 Å². The van der Waals surface area contributed by atoms with Crippen LogP contribution in [-0.4, -0.2) is 25.1 Å². The Morgan fingerprint density at radius 2 is 1.79 bits per heavy atom. The molecular formula is C24H20Cl2FN3O4. The number of nitrogens with zero attached hydrogens (tertiary/aromatic N) is 1. The molecule has 0 saturated heterocycles. The second-order valence-electron chi connectivity index (χ2n) is 7.05. The van der Waals surface area contributed by atoms with Gasteiger partial charge in [-0.25, -0.2) is 9.82 Å². The smallest absolute Gasteiger partial charge is 0.329 e. The van der Waals surface area contributed by atoms with Crippen LogP contribution >= 0.6 is 23.2 Å². The van der Waals surface area contributed by atoms with Crippen molar-refractivity contribution in [2.24, 2.45) is 5.10 Å². The highest BCUT2D eigenvalue weighted by Crippen LogP contribution is 2.29. The van der Waals surface area contributed by atoms with Crippen molar-refractivity contribution in [3.05, 3.63) is 87.2 Å². The number of benzene rings is 3. The van der Waals surface area contributed by atoms with Gasteiger partial charge in [0.15, 0.2) is 11.5 Å². The van der Waals surface area contributed by atoms with E-state index in [9.17, 15) is 14.0 Å². The fourth-order valence-electron chi connectivity index (χ4n) is 2.75. The van der Waals surface area contributed by atoms with E-state index in [0.29, 0.717) is 33.3 Å². The molecule has 0 aliphatic carbocycles. The molecule has 2 amide bonds. The number of nitrogens with one attached hydrogen (secondary N) is 2. The Morgan fingerprint density at radius 3 is 2.50 bits per heavy atom. The Bertz CT molecular complexity index is 1250. The Labute approximate surface area is 205 Å². The number of carbonyl (C=O) groups is 2. The van der Waals surface area contributed by atoms with Crippen molar-refractivity contribution in [2.75, 3.05) is 12.4 Å². The number of rotatable bonds is 7. The summed E-state index contributed by atoms with van der Waals surface area (Å²) >= 11 is 12.0. The Balaban J connectivity index is 1.58. The van der Waals surface area contributed by atoms with Crippen molar-refractivity contribution in [1.29, 1.82) is 0 Å². The van der Waals surface area contributed by atoms with Gasteiger partial charge < -0.3 is 14.8 Å². The van der Waals surface area contributed by atoms with Gasteiger partial charge in [-0.3, -0.25) is 9.59 Å². The van der Waals surface area contributed by atoms with Crippen LogP contribution in [-0.2, 0) is 16.2 Å². The fraction of sp³-hybridized carbons (Fsp3) is 0.125. The molecule has 2 N–H and O–H groups in total. The fourth-order valence-corrected chi connectivity index (χ4v) is 3.15. The Hall–Kier alpha value is -3.62. The zero-order valence-corrected chi connectivity index (χ0v) is 19.7. The molecule has 176 valence electrons. The molecule has 0 radical (unpaired) electrons. The van der Waals surface area contributed by atoms with Gasteiger partial charge in [-0.05, 0) is 60.5 Å². The van der Waals surface area contributed by atoms with Crippen LogP contribution in [0, 0.1) is 12.7 Å². The first kappa shape index (κ1) is 25.0. The summed E-state index contributed by atoms with van der Waals surface area (Å²) in [6, 6.07) is 13.9. The van der Waals surface area contributed by atoms with E-state index < -0.39 is 17.6 Å². The monoisotopic (exact) mass is 503 g/mol. The summed E-state index contributed by atoms with van der Waals surface area (Å²) in [6.45, 7) is 1.93. The van der Waals surface area contributed by atoms with E-state index >= 15 is 0 Å². The molecule has 3 aromatic rings. The number of amides is 2. The molecule has 0 bridgehead atoms. The number of aryl methyl sites for hydroxylation is 1. The number of ether oxygens (including phenoxy) is 2. The number of hydrogen-bond donors (Lipinski definition) is 2. The van der Waals surface area contributed by atoms with Crippen LogP contribution in [0.2, 0.25) is 10.0 Å². The maximum Gasteiger partial charge on any atom is 0.329 e. The van der Waals surface area contributed by atoms with Gasteiger partial charge in [0, 0.05) is 16.3 Å². The molecule has 0 unspecified atom stereocenters. The van der Waals surface area contributed by atoms with Gasteiger partial charge in [-0.1, -0.05) is 35.3 Å². The van der Waals surface area contributed by atoms with Gasteiger partial charge in [0.25, 0.3) is 0 Å².